The number of amides is 2. The van der Waals surface area contributed by atoms with E-state index in [0.29, 0.717) is 6.54 Å². The summed E-state index contributed by atoms with van der Waals surface area (Å²) in [7, 11) is 0. The molecular formula is C13H16N2O2. The lowest BCUT2D eigenvalue weighted by molar-refractivity contribution is -0.141. The fourth-order valence-electron chi connectivity index (χ4n) is 2.46. The van der Waals surface area contributed by atoms with E-state index in [9.17, 15) is 9.59 Å². The van der Waals surface area contributed by atoms with Crippen molar-refractivity contribution in [1.82, 2.24) is 10.6 Å². The van der Waals surface area contributed by atoms with Crippen molar-refractivity contribution >= 4 is 11.8 Å². The molecule has 17 heavy (non-hydrogen) atoms. The minimum absolute atomic E-state index is 0.124. The van der Waals surface area contributed by atoms with Gasteiger partial charge in [0.15, 0.2) is 0 Å². The van der Waals surface area contributed by atoms with Gasteiger partial charge < -0.3 is 10.6 Å². The number of rotatable bonds is 1. The van der Waals surface area contributed by atoms with E-state index in [1.54, 1.807) is 0 Å². The van der Waals surface area contributed by atoms with Crippen LogP contribution in [0.3, 0.4) is 0 Å². The molecule has 1 fully saturated rings. The largest absolute Gasteiger partial charge is 0.345 e. The zero-order valence-corrected chi connectivity index (χ0v) is 10.3. The Bertz CT molecular complexity index is 471. The molecule has 0 aromatic heterocycles. The molecule has 1 aliphatic heterocycles. The molecule has 0 radical (unpaired) electrons. The molecule has 1 heterocycles. The fourth-order valence-corrected chi connectivity index (χ4v) is 2.46. The van der Waals surface area contributed by atoms with E-state index in [1.807, 2.05) is 20.8 Å². The lowest BCUT2D eigenvalue weighted by Gasteiger charge is -2.27. The molecule has 0 saturated carbocycles. The monoisotopic (exact) mass is 232 g/mol. The van der Waals surface area contributed by atoms with Gasteiger partial charge in [0.1, 0.15) is 0 Å². The van der Waals surface area contributed by atoms with E-state index in [4.69, 9.17) is 0 Å². The van der Waals surface area contributed by atoms with E-state index < -0.39 is 11.8 Å². The van der Waals surface area contributed by atoms with Crippen LogP contribution in [-0.2, 0) is 9.59 Å². The van der Waals surface area contributed by atoms with Crippen LogP contribution in [0.25, 0.3) is 0 Å². The van der Waals surface area contributed by atoms with Crippen molar-refractivity contribution in [3.63, 3.8) is 0 Å². The van der Waals surface area contributed by atoms with Crippen LogP contribution in [0.2, 0.25) is 0 Å². The molecule has 1 aliphatic rings. The quantitative estimate of drug-likeness (QED) is 0.707. The van der Waals surface area contributed by atoms with Crippen molar-refractivity contribution in [3.8, 4) is 0 Å². The van der Waals surface area contributed by atoms with Gasteiger partial charge in [-0.1, -0.05) is 17.7 Å². The fraction of sp³-hybridized carbons (Fsp3) is 0.385. The number of carbonyl (C=O) groups excluding carboxylic acids is 2. The Morgan fingerprint density at radius 2 is 1.65 bits per heavy atom. The summed E-state index contributed by atoms with van der Waals surface area (Å²) in [5.41, 5.74) is 4.59. The molecular weight excluding hydrogens is 216 g/mol. The van der Waals surface area contributed by atoms with Crippen LogP contribution in [0.1, 0.15) is 28.3 Å². The first kappa shape index (κ1) is 11.6. The maximum absolute atomic E-state index is 11.3. The second-order valence-corrected chi connectivity index (χ2v) is 4.55. The third-order valence-corrected chi connectivity index (χ3v) is 3.06. The topological polar surface area (TPSA) is 58.2 Å². The summed E-state index contributed by atoms with van der Waals surface area (Å²) in [4.78, 5) is 22.4. The van der Waals surface area contributed by atoms with Crippen LogP contribution in [0.4, 0.5) is 0 Å². The Morgan fingerprint density at radius 1 is 1.06 bits per heavy atom. The van der Waals surface area contributed by atoms with Gasteiger partial charge in [0.05, 0.1) is 6.04 Å². The maximum Gasteiger partial charge on any atom is 0.309 e. The zero-order valence-electron chi connectivity index (χ0n) is 10.3. The highest BCUT2D eigenvalue weighted by atomic mass is 16.2. The standard InChI is InChI=1S/C13H16N2O2/c1-7-4-8(2)11(9(3)5-7)10-6-14-12(16)13(17)15-10/h4-5,10H,6H2,1-3H3,(H,14,16)(H,15,17). The van der Waals surface area contributed by atoms with Crippen LogP contribution in [0.5, 0.6) is 0 Å². The van der Waals surface area contributed by atoms with Gasteiger partial charge in [0.25, 0.3) is 0 Å². The first-order valence-electron chi connectivity index (χ1n) is 5.65. The number of carbonyl (C=O) groups is 2. The predicted octanol–water partition coefficient (Wildman–Crippen LogP) is 0.899. The van der Waals surface area contributed by atoms with Crippen molar-refractivity contribution in [2.45, 2.75) is 26.8 Å². The average molecular weight is 232 g/mol. The molecule has 1 saturated heterocycles. The highest BCUT2D eigenvalue weighted by Gasteiger charge is 2.27. The summed E-state index contributed by atoms with van der Waals surface area (Å²) in [5, 5.41) is 5.33. The minimum atomic E-state index is -0.555. The number of benzene rings is 1. The molecule has 2 rings (SSSR count). The van der Waals surface area contributed by atoms with Gasteiger partial charge in [-0.25, -0.2) is 0 Å². The molecule has 1 aromatic carbocycles. The van der Waals surface area contributed by atoms with Gasteiger partial charge in [-0.15, -0.1) is 0 Å². The van der Waals surface area contributed by atoms with E-state index in [-0.39, 0.29) is 6.04 Å². The van der Waals surface area contributed by atoms with E-state index in [1.165, 1.54) is 5.56 Å². The minimum Gasteiger partial charge on any atom is -0.345 e. The number of nitrogens with one attached hydrogen (secondary N) is 2. The third kappa shape index (κ3) is 2.16. The van der Waals surface area contributed by atoms with Crippen molar-refractivity contribution in [3.05, 3.63) is 34.4 Å². The molecule has 1 atom stereocenters. The summed E-state index contributed by atoms with van der Waals surface area (Å²) in [5.74, 6) is -1.11. The number of aryl methyl sites for hydroxylation is 3. The maximum atomic E-state index is 11.3. The van der Waals surface area contributed by atoms with E-state index >= 15 is 0 Å². The van der Waals surface area contributed by atoms with E-state index in [2.05, 4.69) is 22.8 Å². The smallest absolute Gasteiger partial charge is 0.309 e. The van der Waals surface area contributed by atoms with Gasteiger partial charge in [0.2, 0.25) is 0 Å². The van der Waals surface area contributed by atoms with Crippen LogP contribution < -0.4 is 10.6 Å². The Kier molecular flexibility index (Phi) is 2.88. The molecule has 0 spiro atoms. The number of hydrogen-bond donors (Lipinski definition) is 2. The Balaban J connectivity index is 2.35. The van der Waals surface area contributed by atoms with Crippen molar-refractivity contribution in [2.75, 3.05) is 6.54 Å². The molecule has 4 nitrogen and oxygen atoms in total. The zero-order chi connectivity index (χ0) is 12.6. The Morgan fingerprint density at radius 3 is 2.18 bits per heavy atom. The number of piperazine rings is 1. The van der Waals surface area contributed by atoms with E-state index in [0.717, 1.165) is 16.7 Å². The Hall–Kier alpha value is -1.84. The van der Waals surface area contributed by atoms with Gasteiger partial charge >= 0.3 is 11.8 Å². The second kappa shape index (κ2) is 4.20. The van der Waals surface area contributed by atoms with Crippen LogP contribution in [0, 0.1) is 20.8 Å². The third-order valence-electron chi connectivity index (χ3n) is 3.06. The molecule has 4 heteroatoms. The predicted molar refractivity (Wildman–Crippen MR) is 64.5 cm³/mol. The molecule has 1 aromatic rings. The number of hydrogen-bond acceptors (Lipinski definition) is 2. The highest BCUT2D eigenvalue weighted by Crippen LogP contribution is 2.24. The molecule has 0 aliphatic carbocycles. The van der Waals surface area contributed by atoms with Crippen LogP contribution >= 0.6 is 0 Å². The molecule has 2 N–H and O–H groups in total. The van der Waals surface area contributed by atoms with Crippen LogP contribution in [0.15, 0.2) is 12.1 Å². The van der Waals surface area contributed by atoms with Crippen molar-refractivity contribution < 1.29 is 9.59 Å². The summed E-state index contributed by atoms with van der Waals surface area (Å²) >= 11 is 0. The van der Waals surface area contributed by atoms with Crippen LogP contribution in [-0.4, -0.2) is 18.4 Å². The summed E-state index contributed by atoms with van der Waals surface area (Å²) in [6, 6.07) is 4.05. The molecule has 90 valence electrons. The van der Waals surface area contributed by atoms with Gasteiger partial charge in [-0.3, -0.25) is 9.59 Å². The first-order chi connectivity index (χ1) is 7.99. The SMILES string of the molecule is Cc1cc(C)c(C2CNC(=O)C(=O)N2)c(C)c1. The molecule has 0 bridgehead atoms. The average Bonchev–Trinajstić information content (AvgIpc) is 2.21. The van der Waals surface area contributed by atoms with Gasteiger partial charge in [-0.2, -0.15) is 0 Å². The van der Waals surface area contributed by atoms with Gasteiger partial charge in [-0.05, 0) is 37.5 Å². The Labute approximate surface area is 100 Å². The van der Waals surface area contributed by atoms with Gasteiger partial charge in [0, 0.05) is 6.54 Å². The first-order valence-corrected chi connectivity index (χ1v) is 5.65. The second-order valence-electron chi connectivity index (χ2n) is 4.55. The summed E-state index contributed by atoms with van der Waals surface area (Å²) in [6.45, 7) is 6.55. The highest BCUT2D eigenvalue weighted by molar-refractivity contribution is 6.35. The lowest BCUT2D eigenvalue weighted by atomic mass is 9.93. The lowest BCUT2D eigenvalue weighted by Crippen LogP contribution is -2.51. The summed E-state index contributed by atoms with van der Waals surface area (Å²) in [6.07, 6.45) is 0. The molecule has 1 unspecified atom stereocenters. The summed E-state index contributed by atoms with van der Waals surface area (Å²) < 4.78 is 0. The van der Waals surface area contributed by atoms with Crippen molar-refractivity contribution in [2.24, 2.45) is 0 Å². The molecule has 2 amide bonds. The van der Waals surface area contributed by atoms with Crippen molar-refractivity contribution in [1.29, 1.82) is 0 Å². The normalized spacial score (nSPS) is 19.8.